The van der Waals surface area contributed by atoms with Gasteiger partial charge in [-0.3, -0.25) is 4.98 Å². The zero-order valence-corrected chi connectivity index (χ0v) is 16.3. The predicted octanol–water partition coefficient (Wildman–Crippen LogP) is 6.31. The average molecular weight is 384 g/mol. The fraction of sp³-hybridized carbons (Fsp3) is 0.167. The Kier molecular flexibility index (Phi) is 4.71. The summed E-state index contributed by atoms with van der Waals surface area (Å²) in [6, 6.07) is 25.1. The smallest absolute Gasteiger partial charge is 0.167 e. The molecule has 0 amide bonds. The minimum Gasteiger partial charge on any atom is -0.332 e. The third-order valence-corrected chi connectivity index (χ3v) is 6.35. The Morgan fingerprint density at radius 3 is 2.39 bits per heavy atom. The van der Waals surface area contributed by atoms with Crippen LogP contribution in [0.25, 0.3) is 22.5 Å². The van der Waals surface area contributed by atoms with Gasteiger partial charge >= 0.3 is 0 Å². The summed E-state index contributed by atoms with van der Waals surface area (Å²) in [6.07, 6.45) is 5.37. The molecule has 5 rings (SSSR count). The molecule has 1 unspecified atom stereocenters. The summed E-state index contributed by atoms with van der Waals surface area (Å²) in [6.45, 7) is 0. The van der Waals surface area contributed by atoms with E-state index in [1.54, 1.807) is 11.8 Å². The fourth-order valence-corrected chi connectivity index (χ4v) is 5.03. The number of aromatic amines is 1. The van der Waals surface area contributed by atoms with E-state index in [1.807, 2.05) is 24.4 Å². The van der Waals surface area contributed by atoms with Crippen molar-refractivity contribution in [1.29, 1.82) is 0 Å². The molecule has 0 spiro atoms. The van der Waals surface area contributed by atoms with E-state index in [2.05, 4.69) is 64.6 Å². The molecule has 0 radical (unpaired) electrons. The molecule has 2 heterocycles. The molecular formula is C24H21N3S. The molecule has 2 aromatic carbocycles. The molecule has 0 aliphatic heterocycles. The number of nitrogens with zero attached hydrogens (tertiary/aromatic N) is 2. The maximum atomic E-state index is 5.00. The molecule has 2 aromatic heterocycles. The lowest BCUT2D eigenvalue weighted by atomic mass is 9.96. The van der Waals surface area contributed by atoms with Crippen LogP contribution in [0.3, 0.4) is 0 Å². The second kappa shape index (κ2) is 7.64. The van der Waals surface area contributed by atoms with Crippen molar-refractivity contribution >= 4 is 11.8 Å². The highest BCUT2D eigenvalue weighted by molar-refractivity contribution is 7.99. The van der Waals surface area contributed by atoms with Crippen LogP contribution in [0.5, 0.6) is 0 Å². The van der Waals surface area contributed by atoms with Crippen molar-refractivity contribution in [3.63, 3.8) is 0 Å². The van der Waals surface area contributed by atoms with E-state index < -0.39 is 0 Å². The third kappa shape index (κ3) is 3.36. The number of aromatic nitrogens is 3. The molecule has 0 fully saturated rings. The highest BCUT2D eigenvalue weighted by Gasteiger charge is 2.24. The number of fused-ring (bicyclic) bond motifs is 1. The average Bonchev–Trinajstić information content (AvgIpc) is 3.19. The second-order valence-corrected chi connectivity index (χ2v) is 8.24. The van der Waals surface area contributed by atoms with Gasteiger partial charge in [0.15, 0.2) is 5.16 Å². The molecule has 0 bridgehead atoms. The highest BCUT2D eigenvalue weighted by Crippen LogP contribution is 2.43. The summed E-state index contributed by atoms with van der Waals surface area (Å²) in [4.78, 5) is 13.3. The SMILES string of the molecule is c1ccc(-c2nc(SC3CCCc4cccnc43)[nH]c2-c2ccccc2)cc1. The van der Waals surface area contributed by atoms with Gasteiger partial charge in [0.2, 0.25) is 0 Å². The van der Waals surface area contributed by atoms with E-state index in [1.165, 1.54) is 17.7 Å². The third-order valence-electron chi connectivity index (χ3n) is 5.19. The van der Waals surface area contributed by atoms with Gasteiger partial charge in [-0.05, 0) is 30.9 Å². The van der Waals surface area contributed by atoms with E-state index >= 15 is 0 Å². The molecular weight excluding hydrogens is 362 g/mol. The van der Waals surface area contributed by atoms with Crippen LogP contribution in [0.1, 0.15) is 29.3 Å². The monoisotopic (exact) mass is 383 g/mol. The lowest BCUT2D eigenvalue weighted by Gasteiger charge is -2.22. The number of H-pyrrole nitrogens is 1. The Labute approximate surface area is 169 Å². The van der Waals surface area contributed by atoms with Crippen molar-refractivity contribution in [2.24, 2.45) is 0 Å². The summed E-state index contributed by atoms with van der Waals surface area (Å²) in [5.41, 5.74) is 6.97. The Balaban J connectivity index is 1.54. The van der Waals surface area contributed by atoms with E-state index in [-0.39, 0.29) is 0 Å². The first kappa shape index (κ1) is 17.3. The Morgan fingerprint density at radius 2 is 1.61 bits per heavy atom. The summed E-state index contributed by atoms with van der Waals surface area (Å²) in [5, 5.41) is 1.31. The molecule has 0 saturated carbocycles. The normalized spacial score (nSPS) is 15.9. The summed E-state index contributed by atoms with van der Waals surface area (Å²) >= 11 is 1.80. The zero-order chi connectivity index (χ0) is 18.8. The van der Waals surface area contributed by atoms with Crippen molar-refractivity contribution in [3.05, 3.63) is 90.3 Å². The van der Waals surface area contributed by atoms with Crippen LogP contribution in [0, 0.1) is 0 Å². The molecule has 0 saturated heterocycles. The molecule has 1 atom stereocenters. The second-order valence-electron chi connectivity index (χ2n) is 7.04. The number of pyridine rings is 1. The van der Waals surface area contributed by atoms with Gasteiger partial charge in [0.05, 0.1) is 22.3 Å². The number of nitrogens with one attached hydrogen (secondary N) is 1. The molecule has 28 heavy (non-hydrogen) atoms. The van der Waals surface area contributed by atoms with Gasteiger partial charge in [0.25, 0.3) is 0 Å². The van der Waals surface area contributed by atoms with Crippen LogP contribution in [-0.2, 0) is 6.42 Å². The first-order valence-corrected chi connectivity index (χ1v) is 10.6. The first-order valence-electron chi connectivity index (χ1n) is 9.70. The minimum absolute atomic E-state index is 0.350. The standard InChI is InChI=1S/C24H21N3S/c1-3-9-18(10-4-1)22-23(19-11-5-2-6-12-19)27-24(26-22)28-20-15-7-13-17-14-8-16-25-21(17)20/h1-6,8-12,14,16,20H,7,13,15H2,(H,26,27). The van der Waals surface area contributed by atoms with E-state index in [0.717, 1.165) is 40.5 Å². The Bertz CT molecular complexity index is 1020. The number of rotatable bonds is 4. The van der Waals surface area contributed by atoms with E-state index in [9.17, 15) is 0 Å². The van der Waals surface area contributed by atoms with Gasteiger partial charge in [-0.1, -0.05) is 78.5 Å². The fourth-order valence-electron chi connectivity index (χ4n) is 3.84. The van der Waals surface area contributed by atoms with Crippen LogP contribution in [0.2, 0.25) is 0 Å². The maximum absolute atomic E-state index is 5.00. The van der Waals surface area contributed by atoms with Gasteiger partial charge in [0.1, 0.15) is 0 Å². The van der Waals surface area contributed by atoms with Gasteiger partial charge in [-0.15, -0.1) is 0 Å². The summed E-state index contributed by atoms with van der Waals surface area (Å²) in [7, 11) is 0. The molecule has 1 aliphatic carbocycles. The zero-order valence-electron chi connectivity index (χ0n) is 15.5. The highest BCUT2D eigenvalue weighted by atomic mass is 32.2. The molecule has 1 aliphatic rings. The Hall–Kier alpha value is -2.85. The Morgan fingerprint density at radius 1 is 0.857 bits per heavy atom. The van der Waals surface area contributed by atoms with Gasteiger partial charge < -0.3 is 4.98 Å². The van der Waals surface area contributed by atoms with Gasteiger partial charge in [0, 0.05) is 17.3 Å². The minimum atomic E-state index is 0.350. The van der Waals surface area contributed by atoms with Crippen molar-refractivity contribution in [2.75, 3.05) is 0 Å². The van der Waals surface area contributed by atoms with Crippen molar-refractivity contribution in [2.45, 2.75) is 29.7 Å². The number of benzene rings is 2. The van der Waals surface area contributed by atoms with Crippen LogP contribution < -0.4 is 0 Å². The quantitative estimate of drug-likeness (QED) is 0.449. The van der Waals surface area contributed by atoms with Gasteiger partial charge in [-0.2, -0.15) is 0 Å². The number of imidazole rings is 1. The lowest BCUT2D eigenvalue weighted by Crippen LogP contribution is -2.09. The van der Waals surface area contributed by atoms with E-state index in [0.29, 0.717) is 5.25 Å². The topological polar surface area (TPSA) is 41.6 Å². The van der Waals surface area contributed by atoms with Crippen LogP contribution >= 0.6 is 11.8 Å². The summed E-state index contributed by atoms with van der Waals surface area (Å²) < 4.78 is 0. The number of thioether (sulfide) groups is 1. The summed E-state index contributed by atoms with van der Waals surface area (Å²) in [5.74, 6) is 0. The molecule has 138 valence electrons. The molecule has 3 nitrogen and oxygen atoms in total. The largest absolute Gasteiger partial charge is 0.332 e. The van der Waals surface area contributed by atoms with E-state index in [4.69, 9.17) is 4.98 Å². The maximum Gasteiger partial charge on any atom is 0.167 e. The van der Waals surface area contributed by atoms with Crippen LogP contribution in [0.15, 0.2) is 84.1 Å². The number of aryl methyl sites for hydroxylation is 1. The van der Waals surface area contributed by atoms with Crippen molar-refractivity contribution < 1.29 is 0 Å². The lowest BCUT2D eigenvalue weighted by molar-refractivity contribution is 0.654. The van der Waals surface area contributed by atoms with Gasteiger partial charge in [-0.25, -0.2) is 4.98 Å². The first-order chi connectivity index (χ1) is 13.9. The van der Waals surface area contributed by atoms with Crippen LogP contribution in [-0.4, -0.2) is 15.0 Å². The number of hydrogen-bond donors (Lipinski definition) is 1. The molecule has 4 aromatic rings. The molecule has 4 heteroatoms. The van der Waals surface area contributed by atoms with Crippen molar-refractivity contribution in [1.82, 2.24) is 15.0 Å². The van der Waals surface area contributed by atoms with Crippen LogP contribution in [0.4, 0.5) is 0 Å². The molecule has 1 N–H and O–H groups in total. The van der Waals surface area contributed by atoms with Crippen molar-refractivity contribution in [3.8, 4) is 22.5 Å². The number of hydrogen-bond acceptors (Lipinski definition) is 3. The predicted molar refractivity (Wildman–Crippen MR) is 115 cm³/mol.